The third-order valence-electron chi connectivity index (χ3n) is 3.84. The van der Waals surface area contributed by atoms with E-state index in [1.54, 1.807) is 0 Å². The molecule has 0 aliphatic heterocycles. The van der Waals surface area contributed by atoms with Crippen LogP contribution in [0.5, 0.6) is 5.75 Å². The van der Waals surface area contributed by atoms with Crippen LogP contribution in [0.25, 0.3) is 0 Å². The van der Waals surface area contributed by atoms with Crippen LogP contribution in [-0.4, -0.2) is 0 Å². The van der Waals surface area contributed by atoms with Gasteiger partial charge >= 0.3 is 0 Å². The molecule has 0 N–H and O–H groups in total. The fourth-order valence-corrected chi connectivity index (χ4v) is 2.80. The second kappa shape index (κ2) is 5.38. The number of aryl methyl sites for hydroxylation is 2. The minimum Gasteiger partial charge on any atom is -0.484 e. The van der Waals surface area contributed by atoms with Gasteiger partial charge in [0.05, 0.1) is 5.56 Å². The van der Waals surface area contributed by atoms with Crippen molar-refractivity contribution < 1.29 is 4.74 Å². The third kappa shape index (κ3) is 2.40. The number of hydrogen-bond acceptors (Lipinski definition) is 2. The fraction of sp³-hybridized carbons (Fsp3) is 0.278. The zero-order chi connectivity index (χ0) is 13.9. The number of fused-ring (bicyclic) bond motifs is 1. The van der Waals surface area contributed by atoms with E-state index >= 15 is 0 Å². The molecular weight excluding hydrogens is 246 g/mol. The molecular formula is C18H17NO. The molecule has 2 aromatic carbocycles. The van der Waals surface area contributed by atoms with Gasteiger partial charge in [-0.2, -0.15) is 5.26 Å². The monoisotopic (exact) mass is 263 g/mol. The summed E-state index contributed by atoms with van der Waals surface area (Å²) in [6.07, 6.45) is 3.33. The molecule has 2 aromatic rings. The first-order valence-electron chi connectivity index (χ1n) is 7.03. The first-order valence-corrected chi connectivity index (χ1v) is 7.03. The average Bonchev–Trinajstić information content (AvgIpc) is 2.48. The van der Waals surface area contributed by atoms with Gasteiger partial charge in [0.1, 0.15) is 17.9 Å². The molecule has 0 saturated carbocycles. The maximum Gasteiger partial charge on any atom is 0.138 e. The van der Waals surface area contributed by atoms with Crippen LogP contribution in [0.4, 0.5) is 0 Å². The highest BCUT2D eigenvalue weighted by Gasteiger charge is 2.22. The summed E-state index contributed by atoms with van der Waals surface area (Å²) in [6.45, 7) is 2.02. The van der Waals surface area contributed by atoms with Gasteiger partial charge in [0.2, 0.25) is 0 Å². The largest absolute Gasteiger partial charge is 0.484 e. The van der Waals surface area contributed by atoms with Crippen LogP contribution < -0.4 is 4.74 Å². The third-order valence-corrected chi connectivity index (χ3v) is 3.84. The molecule has 2 heteroatoms. The Labute approximate surface area is 119 Å². The molecule has 3 rings (SSSR count). The van der Waals surface area contributed by atoms with Crippen LogP contribution in [0.15, 0.2) is 42.5 Å². The molecule has 20 heavy (non-hydrogen) atoms. The fourth-order valence-electron chi connectivity index (χ4n) is 2.80. The Hall–Kier alpha value is -2.27. The Balaban J connectivity index is 1.93. The van der Waals surface area contributed by atoms with E-state index in [2.05, 4.69) is 30.3 Å². The molecule has 0 radical (unpaired) electrons. The molecule has 100 valence electrons. The maximum atomic E-state index is 9.20. The van der Waals surface area contributed by atoms with Crippen LogP contribution in [0.1, 0.15) is 41.2 Å². The average molecular weight is 263 g/mol. The highest BCUT2D eigenvalue weighted by Crippen LogP contribution is 2.34. The number of hydrogen-bond donors (Lipinski definition) is 0. The van der Waals surface area contributed by atoms with Crippen molar-refractivity contribution in [2.45, 2.75) is 32.3 Å². The van der Waals surface area contributed by atoms with Gasteiger partial charge in [-0.05, 0) is 55.0 Å². The van der Waals surface area contributed by atoms with E-state index in [1.807, 2.05) is 25.1 Å². The molecule has 1 aliphatic carbocycles. The Bertz CT molecular complexity index is 669. The topological polar surface area (TPSA) is 33.0 Å². The zero-order valence-electron chi connectivity index (χ0n) is 11.6. The van der Waals surface area contributed by atoms with Gasteiger partial charge < -0.3 is 4.74 Å². The minimum absolute atomic E-state index is 0.0637. The highest BCUT2D eigenvalue weighted by molar-refractivity contribution is 5.45. The molecule has 0 amide bonds. The van der Waals surface area contributed by atoms with E-state index in [0.29, 0.717) is 11.3 Å². The van der Waals surface area contributed by atoms with E-state index in [4.69, 9.17) is 4.74 Å². The van der Waals surface area contributed by atoms with E-state index in [0.717, 1.165) is 24.8 Å². The van der Waals surface area contributed by atoms with Gasteiger partial charge in [-0.25, -0.2) is 0 Å². The zero-order valence-corrected chi connectivity index (χ0v) is 11.6. The number of ether oxygens (including phenoxy) is 1. The summed E-state index contributed by atoms with van der Waals surface area (Å²) in [5, 5.41) is 9.20. The highest BCUT2D eigenvalue weighted by atomic mass is 16.5. The Kier molecular flexibility index (Phi) is 3.43. The lowest BCUT2D eigenvalue weighted by Crippen LogP contribution is -2.15. The Morgan fingerprint density at radius 2 is 2.05 bits per heavy atom. The van der Waals surface area contributed by atoms with Gasteiger partial charge in [0, 0.05) is 0 Å². The van der Waals surface area contributed by atoms with Gasteiger partial charge in [0.25, 0.3) is 0 Å². The van der Waals surface area contributed by atoms with Gasteiger partial charge in [-0.3, -0.25) is 0 Å². The van der Waals surface area contributed by atoms with E-state index < -0.39 is 0 Å². The minimum atomic E-state index is 0.0637. The Morgan fingerprint density at radius 1 is 1.20 bits per heavy atom. The van der Waals surface area contributed by atoms with Crippen LogP contribution in [-0.2, 0) is 6.42 Å². The normalized spacial score (nSPS) is 17.1. The summed E-state index contributed by atoms with van der Waals surface area (Å²) in [6, 6.07) is 16.4. The number of nitrogens with zero attached hydrogens (tertiary/aromatic N) is 1. The lowest BCUT2D eigenvalue weighted by atomic mass is 9.89. The van der Waals surface area contributed by atoms with Crippen molar-refractivity contribution in [3.05, 3.63) is 64.7 Å². The number of benzene rings is 2. The number of nitriles is 1. The van der Waals surface area contributed by atoms with E-state index in [-0.39, 0.29) is 6.10 Å². The first kappa shape index (κ1) is 12.7. The summed E-state index contributed by atoms with van der Waals surface area (Å²) in [5.41, 5.74) is 4.36. The van der Waals surface area contributed by atoms with Gasteiger partial charge in [-0.1, -0.05) is 30.3 Å². The lowest BCUT2D eigenvalue weighted by Gasteiger charge is -2.26. The molecule has 0 saturated heterocycles. The summed E-state index contributed by atoms with van der Waals surface area (Å²) >= 11 is 0. The van der Waals surface area contributed by atoms with Crippen molar-refractivity contribution >= 4 is 0 Å². The molecule has 0 fully saturated rings. The summed E-state index contributed by atoms with van der Waals surface area (Å²) < 4.78 is 6.16. The van der Waals surface area contributed by atoms with Crippen molar-refractivity contribution in [1.82, 2.24) is 0 Å². The molecule has 2 nitrogen and oxygen atoms in total. The summed E-state index contributed by atoms with van der Waals surface area (Å²) in [4.78, 5) is 0. The SMILES string of the molecule is Cc1ccc(C#N)c(OC2CCCc3ccccc32)c1. The molecule has 0 spiro atoms. The van der Waals surface area contributed by atoms with Crippen molar-refractivity contribution in [2.75, 3.05) is 0 Å². The van der Waals surface area contributed by atoms with Gasteiger partial charge in [-0.15, -0.1) is 0 Å². The second-order valence-corrected chi connectivity index (χ2v) is 5.31. The standard InChI is InChI=1S/C18H17NO/c1-13-9-10-15(12-19)18(11-13)20-17-8-4-6-14-5-2-3-7-16(14)17/h2-3,5,7,9-11,17H,4,6,8H2,1H3. The predicted octanol–water partition coefficient (Wildman–Crippen LogP) is 4.32. The van der Waals surface area contributed by atoms with Crippen molar-refractivity contribution in [3.63, 3.8) is 0 Å². The molecule has 0 aromatic heterocycles. The maximum absolute atomic E-state index is 9.20. The lowest BCUT2D eigenvalue weighted by molar-refractivity contribution is 0.183. The molecule has 1 atom stereocenters. The first-order chi connectivity index (χ1) is 9.78. The van der Waals surface area contributed by atoms with Crippen molar-refractivity contribution in [1.29, 1.82) is 5.26 Å². The van der Waals surface area contributed by atoms with E-state index in [1.165, 1.54) is 11.1 Å². The molecule has 1 unspecified atom stereocenters. The molecule has 0 bridgehead atoms. The van der Waals surface area contributed by atoms with Crippen molar-refractivity contribution in [2.24, 2.45) is 0 Å². The van der Waals surface area contributed by atoms with Gasteiger partial charge in [0.15, 0.2) is 0 Å². The van der Waals surface area contributed by atoms with Crippen molar-refractivity contribution in [3.8, 4) is 11.8 Å². The van der Waals surface area contributed by atoms with Crippen LogP contribution in [0.3, 0.4) is 0 Å². The summed E-state index contributed by atoms with van der Waals surface area (Å²) in [7, 11) is 0. The van der Waals surface area contributed by atoms with Crippen LogP contribution in [0, 0.1) is 18.3 Å². The molecule has 1 aliphatic rings. The second-order valence-electron chi connectivity index (χ2n) is 5.31. The summed E-state index contributed by atoms with van der Waals surface area (Å²) in [5.74, 6) is 0.703. The quantitative estimate of drug-likeness (QED) is 0.808. The number of rotatable bonds is 2. The van der Waals surface area contributed by atoms with E-state index in [9.17, 15) is 5.26 Å². The smallest absolute Gasteiger partial charge is 0.138 e. The van der Waals surface area contributed by atoms with Crippen LogP contribution >= 0.6 is 0 Å². The Morgan fingerprint density at radius 3 is 2.90 bits per heavy atom. The predicted molar refractivity (Wildman–Crippen MR) is 78.6 cm³/mol. The van der Waals surface area contributed by atoms with Crippen LogP contribution in [0.2, 0.25) is 0 Å². The molecule has 0 heterocycles.